The lowest BCUT2D eigenvalue weighted by molar-refractivity contribution is 0.647. The number of furan rings is 1. The van der Waals surface area contributed by atoms with Gasteiger partial charge in [0.15, 0.2) is 5.58 Å². The van der Waals surface area contributed by atoms with Crippen LogP contribution >= 0.6 is 11.6 Å². The van der Waals surface area contributed by atoms with Crippen LogP contribution < -0.4 is 5.38 Å². The summed E-state index contributed by atoms with van der Waals surface area (Å²) >= 11 is 5.80. The van der Waals surface area contributed by atoms with E-state index in [1.54, 1.807) is 6.07 Å². The zero-order valence-electron chi connectivity index (χ0n) is 8.47. The molecule has 0 aliphatic heterocycles. The molecule has 74 valence electrons. The van der Waals surface area contributed by atoms with Gasteiger partial charge in [0.05, 0.1) is 5.38 Å². The first-order chi connectivity index (χ1) is 6.47. The van der Waals surface area contributed by atoms with Crippen LogP contribution in [0.3, 0.4) is 0 Å². The average molecular weight is 226 g/mol. The van der Waals surface area contributed by atoms with E-state index in [-0.39, 0.29) is 0 Å². The fraction of sp³-hybridized carbons (Fsp3) is 0.300. The number of fused-ring (bicyclic) bond motifs is 1. The van der Waals surface area contributed by atoms with Crippen molar-refractivity contribution in [1.29, 1.82) is 0 Å². The molecule has 0 amide bonds. The Morgan fingerprint density at radius 2 is 2.00 bits per heavy atom. The van der Waals surface area contributed by atoms with Crippen LogP contribution in [0.15, 0.2) is 22.6 Å². The first-order valence-electron chi connectivity index (χ1n) is 4.53. The molecule has 0 aliphatic carbocycles. The number of hydrogen-bond acceptors (Lipinski definition) is 2. The lowest BCUT2D eigenvalue weighted by Gasteiger charge is -2.10. The van der Waals surface area contributed by atoms with E-state index in [0.29, 0.717) is 5.15 Å². The van der Waals surface area contributed by atoms with Gasteiger partial charge in [0.1, 0.15) is 18.7 Å². The maximum absolute atomic E-state index is 5.80. The van der Waals surface area contributed by atoms with E-state index >= 15 is 0 Å². The van der Waals surface area contributed by atoms with E-state index in [0.717, 1.165) is 16.5 Å². The topological polar surface area (TPSA) is 26.0 Å². The first-order valence-corrected chi connectivity index (χ1v) is 8.41. The molecule has 0 bridgehead atoms. The van der Waals surface area contributed by atoms with Gasteiger partial charge in [-0.25, -0.2) is 4.98 Å². The third kappa shape index (κ3) is 1.70. The van der Waals surface area contributed by atoms with Gasteiger partial charge in [-0.3, -0.25) is 0 Å². The summed E-state index contributed by atoms with van der Waals surface area (Å²) in [5, 5.41) is 1.59. The van der Waals surface area contributed by atoms with E-state index in [9.17, 15) is 0 Å². The predicted octanol–water partition coefficient (Wildman–Crippen LogP) is 3.03. The van der Waals surface area contributed by atoms with E-state index in [4.69, 9.17) is 16.0 Å². The van der Waals surface area contributed by atoms with Crippen molar-refractivity contribution < 1.29 is 4.42 Å². The predicted molar refractivity (Wildman–Crippen MR) is 62.0 cm³/mol. The van der Waals surface area contributed by atoms with Crippen molar-refractivity contribution in [3.05, 3.63) is 23.4 Å². The maximum Gasteiger partial charge on any atom is 0.152 e. The largest absolute Gasteiger partial charge is 0.465 e. The number of pyridine rings is 1. The smallest absolute Gasteiger partial charge is 0.152 e. The molecule has 14 heavy (non-hydrogen) atoms. The Kier molecular flexibility index (Phi) is 2.16. The Morgan fingerprint density at radius 1 is 1.29 bits per heavy atom. The van der Waals surface area contributed by atoms with Crippen LogP contribution in [-0.4, -0.2) is 13.1 Å². The Balaban J connectivity index is 2.63. The van der Waals surface area contributed by atoms with Gasteiger partial charge in [0.25, 0.3) is 0 Å². The van der Waals surface area contributed by atoms with Crippen LogP contribution in [0.1, 0.15) is 0 Å². The summed E-state index contributed by atoms with van der Waals surface area (Å²) < 4.78 is 5.73. The third-order valence-electron chi connectivity index (χ3n) is 2.08. The van der Waals surface area contributed by atoms with Crippen molar-refractivity contribution in [2.24, 2.45) is 0 Å². The molecule has 2 heterocycles. The van der Waals surface area contributed by atoms with Crippen molar-refractivity contribution >= 4 is 36.2 Å². The van der Waals surface area contributed by atoms with Crippen LogP contribution in [-0.2, 0) is 0 Å². The monoisotopic (exact) mass is 225 g/mol. The Bertz CT molecular complexity index is 472. The van der Waals surface area contributed by atoms with Crippen LogP contribution in [0, 0.1) is 0 Å². The quantitative estimate of drug-likeness (QED) is 0.551. The molecule has 0 atom stereocenters. The van der Waals surface area contributed by atoms with Crippen molar-refractivity contribution in [1.82, 2.24) is 4.98 Å². The summed E-state index contributed by atoms with van der Waals surface area (Å²) in [7, 11) is -1.38. The molecule has 0 unspecified atom stereocenters. The molecule has 0 spiro atoms. The lowest BCUT2D eigenvalue weighted by atomic mass is 10.4. The Labute approximate surface area is 88.9 Å². The Hall–Kier alpha value is -0.803. The summed E-state index contributed by atoms with van der Waals surface area (Å²) in [5.41, 5.74) is 1.68. The molecule has 2 aromatic heterocycles. The van der Waals surface area contributed by atoms with Crippen molar-refractivity contribution in [3.63, 3.8) is 0 Å². The van der Waals surface area contributed by atoms with Gasteiger partial charge in [0, 0.05) is 6.07 Å². The van der Waals surface area contributed by atoms with Gasteiger partial charge >= 0.3 is 0 Å². The number of nitrogens with zero attached hydrogens (tertiary/aromatic N) is 1. The molecule has 0 N–H and O–H groups in total. The Morgan fingerprint density at radius 3 is 2.64 bits per heavy atom. The van der Waals surface area contributed by atoms with Crippen LogP contribution in [0.4, 0.5) is 0 Å². The molecule has 0 saturated heterocycles. The fourth-order valence-electron chi connectivity index (χ4n) is 1.27. The van der Waals surface area contributed by atoms with Gasteiger partial charge in [-0.2, -0.15) is 0 Å². The average Bonchev–Trinajstić information content (AvgIpc) is 2.45. The van der Waals surface area contributed by atoms with Gasteiger partial charge in [0.2, 0.25) is 0 Å². The van der Waals surface area contributed by atoms with Gasteiger partial charge in [-0.05, 0) is 12.1 Å². The van der Waals surface area contributed by atoms with E-state index < -0.39 is 8.07 Å². The molecule has 4 heteroatoms. The normalized spacial score (nSPS) is 12.3. The van der Waals surface area contributed by atoms with Crippen molar-refractivity contribution in [2.45, 2.75) is 19.6 Å². The maximum atomic E-state index is 5.80. The molecular formula is C10H12ClNOSi. The fourth-order valence-corrected chi connectivity index (χ4v) is 2.41. The second-order valence-corrected chi connectivity index (χ2v) is 9.76. The number of aromatic nitrogens is 1. The molecule has 0 radical (unpaired) electrons. The van der Waals surface area contributed by atoms with Crippen LogP contribution in [0.25, 0.3) is 11.1 Å². The highest BCUT2D eigenvalue weighted by Gasteiger charge is 2.21. The number of halogens is 1. The molecule has 0 fully saturated rings. The molecular weight excluding hydrogens is 214 g/mol. The van der Waals surface area contributed by atoms with Gasteiger partial charge < -0.3 is 4.42 Å². The van der Waals surface area contributed by atoms with Crippen molar-refractivity contribution in [2.75, 3.05) is 0 Å². The molecule has 0 aromatic carbocycles. The highest BCUT2D eigenvalue weighted by molar-refractivity contribution is 6.87. The van der Waals surface area contributed by atoms with E-state index in [2.05, 4.69) is 24.6 Å². The second kappa shape index (κ2) is 3.10. The zero-order valence-corrected chi connectivity index (χ0v) is 10.2. The summed E-state index contributed by atoms with van der Waals surface area (Å²) in [4.78, 5) is 4.20. The number of hydrogen-bond donors (Lipinski definition) is 0. The molecule has 2 rings (SSSR count). The van der Waals surface area contributed by atoms with Crippen LogP contribution in [0.5, 0.6) is 0 Å². The minimum atomic E-state index is -1.38. The summed E-state index contributed by atoms with van der Waals surface area (Å²) in [6.07, 6.45) is 0. The third-order valence-corrected chi connectivity index (χ3v) is 4.01. The van der Waals surface area contributed by atoms with Crippen molar-refractivity contribution in [3.8, 4) is 0 Å². The molecule has 0 aliphatic rings. The standard InChI is InChI=1S/C10H12ClNOSi/c1-14(2,3)10-6-7-8(13-10)4-5-9(11)12-7/h4-6H,1-3H3. The SMILES string of the molecule is C[Si](C)(C)c1cc2nc(Cl)ccc2o1. The second-order valence-electron chi connectivity index (χ2n) is 4.38. The summed E-state index contributed by atoms with van der Waals surface area (Å²) in [6, 6.07) is 5.63. The molecule has 2 nitrogen and oxygen atoms in total. The van der Waals surface area contributed by atoms with Crippen LogP contribution in [0.2, 0.25) is 24.8 Å². The van der Waals surface area contributed by atoms with Gasteiger partial charge in [-0.15, -0.1) is 0 Å². The number of rotatable bonds is 1. The highest BCUT2D eigenvalue weighted by Crippen LogP contribution is 2.17. The zero-order chi connectivity index (χ0) is 10.3. The highest BCUT2D eigenvalue weighted by atomic mass is 35.5. The van der Waals surface area contributed by atoms with Gasteiger partial charge in [-0.1, -0.05) is 31.2 Å². The summed E-state index contributed by atoms with van der Waals surface area (Å²) in [5.74, 6) is 0. The minimum absolute atomic E-state index is 0.514. The van der Waals surface area contributed by atoms with E-state index in [1.807, 2.05) is 12.1 Å². The molecule has 0 saturated carbocycles. The minimum Gasteiger partial charge on any atom is -0.465 e. The first kappa shape index (κ1) is 9.74. The lowest BCUT2D eigenvalue weighted by Crippen LogP contribution is -2.36. The summed E-state index contributed by atoms with van der Waals surface area (Å²) in [6.45, 7) is 6.73. The molecule has 2 aromatic rings. The van der Waals surface area contributed by atoms with E-state index in [1.165, 1.54) is 0 Å².